The van der Waals surface area contributed by atoms with Crippen LogP contribution in [0.3, 0.4) is 0 Å². The molecule has 1 atom stereocenters. The van der Waals surface area contributed by atoms with E-state index in [4.69, 9.17) is 13.7 Å². The maximum Gasteiger partial charge on any atom is 0.340 e. The predicted molar refractivity (Wildman–Crippen MR) is 131 cm³/mol. The van der Waals surface area contributed by atoms with Gasteiger partial charge in [0.2, 0.25) is 0 Å². The summed E-state index contributed by atoms with van der Waals surface area (Å²) in [6.45, 7) is 3.59. The molecule has 0 saturated heterocycles. The summed E-state index contributed by atoms with van der Waals surface area (Å²) in [6, 6.07) is 17.3. The zero-order valence-electron chi connectivity index (χ0n) is 20.0. The highest BCUT2D eigenvalue weighted by atomic mass is 32.2. The third kappa shape index (κ3) is 4.61. The number of hydrogen-bond acceptors (Lipinski definition) is 8. The third-order valence-electron chi connectivity index (χ3n) is 6.34. The van der Waals surface area contributed by atoms with E-state index in [0.29, 0.717) is 29.9 Å². The standard InChI is InChI=1S/C27H22N2O7S/c1-16-12-19(14-20(13-16)36-37(32,33)23-9-4-3-6-18(23)15-28)34-17(2)27(10-11-27)35-22-8-5-7-21-24(22)26(31)29-25(21)30/h3-9,12-14,17H,10-11H2,1-2H3,(H,29,30,31). The topological polar surface area (TPSA) is 132 Å². The number of carbonyl (C=O) groups excluding carboxylic acids is 2. The predicted octanol–water partition coefficient (Wildman–Crippen LogP) is 3.90. The van der Waals surface area contributed by atoms with Crippen LogP contribution in [0.25, 0.3) is 0 Å². The molecule has 1 unspecified atom stereocenters. The fraction of sp³-hybridized carbons (Fsp3) is 0.222. The van der Waals surface area contributed by atoms with E-state index in [2.05, 4.69) is 5.32 Å². The van der Waals surface area contributed by atoms with Gasteiger partial charge in [0, 0.05) is 6.07 Å². The van der Waals surface area contributed by atoms with E-state index < -0.39 is 33.6 Å². The second kappa shape index (κ2) is 8.94. The Kier molecular flexibility index (Phi) is 5.88. The number of nitrogens with zero attached hydrogens (tertiary/aromatic N) is 1. The highest BCUT2D eigenvalue weighted by molar-refractivity contribution is 7.87. The molecule has 2 amide bonds. The van der Waals surface area contributed by atoms with E-state index in [1.54, 1.807) is 43.3 Å². The molecular weight excluding hydrogens is 496 g/mol. The van der Waals surface area contributed by atoms with Crippen molar-refractivity contribution < 1.29 is 31.7 Å². The highest BCUT2D eigenvalue weighted by Gasteiger charge is 2.53. The largest absolute Gasteiger partial charge is 0.486 e. The van der Waals surface area contributed by atoms with Gasteiger partial charge in [0.25, 0.3) is 11.8 Å². The summed E-state index contributed by atoms with van der Waals surface area (Å²) in [5.41, 5.74) is 0.441. The Labute approximate surface area is 213 Å². The fourth-order valence-corrected chi connectivity index (χ4v) is 5.36. The van der Waals surface area contributed by atoms with Gasteiger partial charge in [-0.1, -0.05) is 18.2 Å². The van der Waals surface area contributed by atoms with Crippen molar-refractivity contribution in [1.29, 1.82) is 5.26 Å². The van der Waals surface area contributed by atoms with Crippen molar-refractivity contribution in [3.8, 4) is 23.3 Å². The lowest BCUT2D eigenvalue weighted by Gasteiger charge is -2.27. The second-order valence-electron chi connectivity index (χ2n) is 9.02. The third-order valence-corrected chi connectivity index (χ3v) is 7.65. The van der Waals surface area contributed by atoms with Gasteiger partial charge < -0.3 is 13.7 Å². The number of benzene rings is 3. The number of fused-ring (bicyclic) bond motifs is 1. The monoisotopic (exact) mass is 518 g/mol. The van der Waals surface area contributed by atoms with Crippen molar-refractivity contribution in [3.05, 3.63) is 82.9 Å². The molecule has 5 rings (SSSR count). The van der Waals surface area contributed by atoms with Crippen LogP contribution in [0.2, 0.25) is 0 Å². The van der Waals surface area contributed by atoms with E-state index in [0.717, 1.165) is 0 Å². The summed E-state index contributed by atoms with van der Waals surface area (Å²) in [4.78, 5) is 24.0. The van der Waals surface area contributed by atoms with Crippen LogP contribution in [0.15, 0.2) is 65.6 Å². The molecule has 1 aliphatic heterocycles. The SMILES string of the molecule is Cc1cc(OC(C)C2(Oc3cccc4c3C(=O)NC4=O)CC2)cc(OS(=O)(=O)c2ccccc2C#N)c1. The quantitative estimate of drug-likeness (QED) is 0.351. The number of imide groups is 1. The first-order valence-electron chi connectivity index (χ1n) is 11.5. The molecular formula is C27H22N2O7S. The molecule has 2 aliphatic rings. The number of nitrogens with one attached hydrogen (secondary N) is 1. The molecule has 1 aliphatic carbocycles. The Morgan fingerprint density at radius 2 is 1.73 bits per heavy atom. The maximum absolute atomic E-state index is 12.9. The van der Waals surface area contributed by atoms with E-state index in [1.165, 1.54) is 24.3 Å². The van der Waals surface area contributed by atoms with Crippen molar-refractivity contribution in [2.24, 2.45) is 0 Å². The lowest BCUT2D eigenvalue weighted by Crippen LogP contribution is -2.36. The van der Waals surface area contributed by atoms with Crippen LogP contribution in [-0.4, -0.2) is 31.9 Å². The molecule has 3 aromatic carbocycles. The summed E-state index contributed by atoms with van der Waals surface area (Å²) in [5.74, 6) is -0.243. The van der Waals surface area contributed by atoms with Gasteiger partial charge in [-0.25, -0.2) is 0 Å². The van der Waals surface area contributed by atoms with Crippen LogP contribution in [0.4, 0.5) is 0 Å². The van der Waals surface area contributed by atoms with Crippen molar-refractivity contribution in [2.75, 3.05) is 0 Å². The Morgan fingerprint density at radius 3 is 2.46 bits per heavy atom. The Bertz CT molecular complexity index is 1590. The van der Waals surface area contributed by atoms with Gasteiger partial charge in [0.1, 0.15) is 39.9 Å². The molecule has 188 valence electrons. The van der Waals surface area contributed by atoms with Crippen LogP contribution in [0, 0.1) is 18.3 Å². The maximum atomic E-state index is 12.9. The van der Waals surface area contributed by atoms with Crippen LogP contribution in [-0.2, 0) is 10.1 Å². The van der Waals surface area contributed by atoms with Gasteiger partial charge >= 0.3 is 10.1 Å². The minimum absolute atomic E-state index is 0.0177. The summed E-state index contributed by atoms with van der Waals surface area (Å²) in [6.07, 6.45) is 0.859. The fourth-order valence-electron chi connectivity index (χ4n) is 4.30. The van der Waals surface area contributed by atoms with Crippen LogP contribution in [0.1, 0.15) is 51.6 Å². The van der Waals surface area contributed by atoms with Gasteiger partial charge in [-0.3, -0.25) is 14.9 Å². The molecule has 37 heavy (non-hydrogen) atoms. The first-order chi connectivity index (χ1) is 17.6. The van der Waals surface area contributed by atoms with E-state index >= 15 is 0 Å². The summed E-state index contributed by atoms with van der Waals surface area (Å²) in [5, 5.41) is 11.5. The number of aryl methyl sites for hydroxylation is 1. The molecule has 1 saturated carbocycles. The number of ether oxygens (including phenoxy) is 2. The lowest BCUT2D eigenvalue weighted by atomic mass is 10.1. The average molecular weight is 519 g/mol. The Morgan fingerprint density at radius 1 is 1.00 bits per heavy atom. The van der Waals surface area contributed by atoms with Gasteiger partial charge in [0.05, 0.1) is 16.7 Å². The number of hydrogen-bond donors (Lipinski definition) is 1. The van der Waals surface area contributed by atoms with Crippen molar-refractivity contribution >= 4 is 21.9 Å². The van der Waals surface area contributed by atoms with E-state index in [9.17, 15) is 23.3 Å². The number of amides is 2. The molecule has 10 heteroatoms. The van der Waals surface area contributed by atoms with Crippen LogP contribution in [0.5, 0.6) is 17.2 Å². The zero-order chi connectivity index (χ0) is 26.4. The summed E-state index contributed by atoms with van der Waals surface area (Å²) < 4.78 is 43.4. The minimum Gasteiger partial charge on any atom is -0.486 e. The Balaban J connectivity index is 1.36. The molecule has 0 bridgehead atoms. The molecule has 1 heterocycles. The highest BCUT2D eigenvalue weighted by Crippen LogP contribution is 2.46. The first-order valence-corrected chi connectivity index (χ1v) is 12.9. The van der Waals surface area contributed by atoms with Crippen LogP contribution >= 0.6 is 0 Å². The summed E-state index contributed by atoms with van der Waals surface area (Å²) in [7, 11) is -4.26. The molecule has 1 N–H and O–H groups in total. The van der Waals surface area contributed by atoms with Gasteiger partial charge in [0.15, 0.2) is 0 Å². The molecule has 0 spiro atoms. The normalized spacial score (nSPS) is 16.2. The van der Waals surface area contributed by atoms with Gasteiger partial charge in [-0.15, -0.1) is 0 Å². The van der Waals surface area contributed by atoms with Crippen molar-refractivity contribution in [1.82, 2.24) is 5.32 Å². The Hall–Kier alpha value is -4.36. The average Bonchev–Trinajstić information content (AvgIpc) is 3.57. The molecule has 9 nitrogen and oxygen atoms in total. The molecule has 3 aromatic rings. The second-order valence-corrected chi connectivity index (χ2v) is 10.5. The first kappa shape index (κ1) is 24.3. The number of nitriles is 1. The number of carbonyl (C=O) groups is 2. The summed E-state index contributed by atoms with van der Waals surface area (Å²) >= 11 is 0. The van der Waals surface area contributed by atoms with Gasteiger partial charge in [-0.05, 0) is 68.7 Å². The van der Waals surface area contributed by atoms with E-state index in [-0.39, 0.29) is 27.3 Å². The molecule has 0 radical (unpaired) electrons. The van der Waals surface area contributed by atoms with E-state index in [1.807, 2.05) is 13.0 Å². The van der Waals surface area contributed by atoms with Gasteiger partial charge in [-0.2, -0.15) is 13.7 Å². The van der Waals surface area contributed by atoms with Crippen LogP contribution < -0.4 is 19.0 Å². The van der Waals surface area contributed by atoms with Crippen molar-refractivity contribution in [2.45, 2.75) is 43.3 Å². The number of rotatable bonds is 8. The molecule has 0 aromatic heterocycles. The lowest BCUT2D eigenvalue weighted by molar-refractivity contribution is 0.0450. The van der Waals surface area contributed by atoms with Crippen molar-refractivity contribution in [3.63, 3.8) is 0 Å². The zero-order valence-corrected chi connectivity index (χ0v) is 20.8. The molecule has 1 fully saturated rings. The minimum atomic E-state index is -4.26. The smallest absolute Gasteiger partial charge is 0.340 e.